The number of nitrogens with two attached hydrogens (primary N) is 1. The molecule has 0 spiro atoms. The van der Waals surface area contributed by atoms with Crippen molar-refractivity contribution in [3.8, 4) is 22.5 Å². The average molecular weight is 289 g/mol. The van der Waals surface area contributed by atoms with Gasteiger partial charge in [0.05, 0.1) is 23.1 Å². The minimum atomic E-state index is 0.391. The molecular weight excluding hydrogens is 278 g/mol. The van der Waals surface area contributed by atoms with Crippen molar-refractivity contribution in [2.24, 2.45) is 0 Å². The fraction of sp³-hybridized carbons (Fsp3) is 0. The van der Waals surface area contributed by atoms with E-state index in [1.807, 2.05) is 24.4 Å². The van der Waals surface area contributed by atoms with E-state index in [9.17, 15) is 0 Å². The highest BCUT2D eigenvalue weighted by Gasteiger charge is 2.15. The van der Waals surface area contributed by atoms with Gasteiger partial charge >= 0.3 is 0 Å². The van der Waals surface area contributed by atoms with Gasteiger partial charge in [-0.15, -0.1) is 5.10 Å². The molecule has 4 aromatic rings. The summed E-state index contributed by atoms with van der Waals surface area (Å²) >= 11 is 0. The van der Waals surface area contributed by atoms with Crippen LogP contribution in [0.4, 0.5) is 5.82 Å². The van der Waals surface area contributed by atoms with Crippen molar-refractivity contribution in [2.75, 3.05) is 5.73 Å². The SMILES string of the molecule is Nc1nn2cc(-c3cnccn3)cnc2c1-c1ccccn1. The molecule has 0 radical (unpaired) electrons. The van der Waals surface area contributed by atoms with Crippen LogP contribution in [-0.4, -0.2) is 29.5 Å². The van der Waals surface area contributed by atoms with Crippen molar-refractivity contribution in [2.45, 2.75) is 0 Å². The Kier molecular flexibility index (Phi) is 2.75. The van der Waals surface area contributed by atoms with Crippen molar-refractivity contribution in [1.82, 2.24) is 29.5 Å². The molecule has 7 heteroatoms. The molecule has 0 aliphatic carbocycles. The third-order valence-electron chi connectivity index (χ3n) is 3.28. The van der Waals surface area contributed by atoms with Gasteiger partial charge in [-0.25, -0.2) is 9.50 Å². The summed E-state index contributed by atoms with van der Waals surface area (Å²) in [7, 11) is 0. The zero-order valence-corrected chi connectivity index (χ0v) is 11.5. The monoisotopic (exact) mass is 289 g/mol. The predicted molar refractivity (Wildman–Crippen MR) is 81.7 cm³/mol. The first kappa shape index (κ1) is 12.4. The minimum Gasteiger partial charge on any atom is -0.382 e. The standard InChI is InChI=1S/C15H11N7/c16-14-13(11-3-1-2-4-18-11)15-20-7-10(9-22(15)21-14)12-8-17-5-6-19-12/h1-9H,(H2,16,21). The maximum absolute atomic E-state index is 6.03. The normalized spacial score (nSPS) is 10.9. The number of nitrogens with zero attached hydrogens (tertiary/aromatic N) is 6. The summed E-state index contributed by atoms with van der Waals surface area (Å²) in [4.78, 5) is 17.1. The van der Waals surface area contributed by atoms with Gasteiger partial charge in [0.2, 0.25) is 0 Å². The first-order chi connectivity index (χ1) is 10.8. The van der Waals surface area contributed by atoms with E-state index in [1.165, 1.54) is 0 Å². The molecule has 0 bridgehead atoms. The summed E-state index contributed by atoms with van der Waals surface area (Å²) in [6.45, 7) is 0. The maximum Gasteiger partial charge on any atom is 0.166 e. The van der Waals surface area contributed by atoms with Crippen molar-refractivity contribution < 1.29 is 0 Å². The highest BCUT2D eigenvalue weighted by molar-refractivity contribution is 5.84. The number of aromatic nitrogens is 6. The Labute approximate surface area is 125 Å². The smallest absolute Gasteiger partial charge is 0.166 e. The van der Waals surface area contributed by atoms with Crippen LogP contribution >= 0.6 is 0 Å². The Hall–Kier alpha value is -3.35. The molecule has 0 aliphatic heterocycles. The Morgan fingerprint density at radius 2 is 1.82 bits per heavy atom. The summed E-state index contributed by atoms with van der Waals surface area (Å²) < 4.78 is 1.64. The van der Waals surface area contributed by atoms with Crippen LogP contribution in [0.1, 0.15) is 0 Å². The first-order valence-electron chi connectivity index (χ1n) is 6.64. The second-order valence-electron chi connectivity index (χ2n) is 4.68. The summed E-state index contributed by atoms with van der Waals surface area (Å²) in [6, 6.07) is 5.63. The van der Waals surface area contributed by atoms with E-state index in [-0.39, 0.29) is 0 Å². The first-order valence-corrected chi connectivity index (χ1v) is 6.64. The van der Waals surface area contributed by atoms with Crippen LogP contribution in [0.3, 0.4) is 0 Å². The third-order valence-corrected chi connectivity index (χ3v) is 3.28. The van der Waals surface area contributed by atoms with Crippen molar-refractivity contribution in [3.63, 3.8) is 0 Å². The van der Waals surface area contributed by atoms with Gasteiger partial charge in [-0.05, 0) is 12.1 Å². The molecule has 4 aromatic heterocycles. The van der Waals surface area contributed by atoms with Crippen LogP contribution in [-0.2, 0) is 0 Å². The highest BCUT2D eigenvalue weighted by atomic mass is 15.3. The molecule has 4 rings (SSSR count). The van der Waals surface area contributed by atoms with Gasteiger partial charge in [0.25, 0.3) is 0 Å². The molecule has 0 aliphatic rings. The molecule has 7 nitrogen and oxygen atoms in total. The van der Waals surface area contributed by atoms with Crippen molar-refractivity contribution in [3.05, 3.63) is 55.4 Å². The molecule has 0 unspecified atom stereocenters. The van der Waals surface area contributed by atoms with E-state index in [0.29, 0.717) is 11.5 Å². The van der Waals surface area contributed by atoms with E-state index in [1.54, 1.807) is 35.5 Å². The zero-order valence-electron chi connectivity index (χ0n) is 11.5. The summed E-state index contributed by atoms with van der Waals surface area (Å²) in [5.74, 6) is 0.391. The number of pyridine rings is 1. The van der Waals surface area contributed by atoms with Crippen molar-refractivity contribution in [1.29, 1.82) is 0 Å². The lowest BCUT2D eigenvalue weighted by atomic mass is 10.2. The molecular formula is C15H11N7. The molecule has 22 heavy (non-hydrogen) atoms. The van der Waals surface area contributed by atoms with Crippen molar-refractivity contribution >= 4 is 11.5 Å². The topological polar surface area (TPSA) is 94.9 Å². The summed E-state index contributed by atoms with van der Waals surface area (Å²) in [5, 5.41) is 4.32. The van der Waals surface area contributed by atoms with Crippen LogP contribution in [0, 0.1) is 0 Å². The van der Waals surface area contributed by atoms with Crippen LogP contribution in [0.5, 0.6) is 0 Å². The molecule has 2 N–H and O–H groups in total. The Balaban J connectivity index is 1.90. The second-order valence-corrected chi connectivity index (χ2v) is 4.68. The van der Waals surface area contributed by atoms with Gasteiger partial charge in [-0.3, -0.25) is 15.0 Å². The van der Waals surface area contributed by atoms with E-state index >= 15 is 0 Å². The predicted octanol–water partition coefficient (Wildman–Crippen LogP) is 1.83. The second kappa shape index (κ2) is 4.88. The molecule has 0 atom stereocenters. The molecule has 4 heterocycles. The average Bonchev–Trinajstić information content (AvgIpc) is 2.91. The van der Waals surface area contributed by atoms with Gasteiger partial charge in [-0.1, -0.05) is 6.07 Å². The van der Waals surface area contributed by atoms with E-state index in [2.05, 4.69) is 25.0 Å². The van der Waals surface area contributed by atoms with Gasteiger partial charge in [0, 0.05) is 36.5 Å². The number of anilines is 1. The minimum absolute atomic E-state index is 0.391. The fourth-order valence-corrected chi connectivity index (χ4v) is 2.29. The Morgan fingerprint density at radius 3 is 2.59 bits per heavy atom. The summed E-state index contributed by atoms with van der Waals surface area (Å²) in [5.41, 5.74) is 9.71. The van der Waals surface area contributed by atoms with Gasteiger partial charge < -0.3 is 5.73 Å². The van der Waals surface area contributed by atoms with E-state index < -0.39 is 0 Å². The highest BCUT2D eigenvalue weighted by Crippen LogP contribution is 2.28. The van der Waals surface area contributed by atoms with E-state index in [0.717, 1.165) is 22.5 Å². The quantitative estimate of drug-likeness (QED) is 0.605. The van der Waals surface area contributed by atoms with Gasteiger partial charge in [0.1, 0.15) is 0 Å². The fourth-order valence-electron chi connectivity index (χ4n) is 2.29. The number of nitrogen functional groups attached to an aromatic ring is 1. The number of hydrogen-bond donors (Lipinski definition) is 1. The number of hydrogen-bond acceptors (Lipinski definition) is 6. The van der Waals surface area contributed by atoms with Crippen LogP contribution in [0.25, 0.3) is 28.2 Å². The third kappa shape index (κ3) is 1.96. The lowest BCUT2D eigenvalue weighted by molar-refractivity contribution is 0.945. The molecule has 0 saturated heterocycles. The molecule has 0 aromatic carbocycles. The molecule has 0 saturated carbocycles. The maximum atomic E-state index is 6.03. The lowest BCUT2D eigenvalue weighted by Gasteiger charge is -2.01. The van der Waals surface area contributed by atoms with E-state index in [4.69, 9.17) is 5.73 Å². The largest absolute Gasteiger partial charge is 0.382 e. The Bertz CT molecular complexity index is 932. The lowest BCUT2D eigenvalue weighted by Crippen LogP contribution is -1.94. The number of rotatable bonds is 2. The van der Waals surface area contributed by atoms with Crippen LogP contribution in [0.2, 0.25) is 0 Å². The Morgan fingerprint density at radius 1 is 0.909 bits per heavy atom. The van der Waals surface area contributed by atoms with Crippen LogP contribution < -0.4 is 5.73 Å². The molecule has 0 fully saturated rings. The summed E-state index contributed by atoms with van der Waals surface area (Å²) in [6.07, 6.45) is 10.2. The van der Waals surface area contributed by atoms with Gasteiger partial charge in [-0.2, -0.15) is 0 Å². The zero-order chi connectivity index (χ0) is 14.9. The van der Waals surface area contributed by atoms with Gasteiger partial charge in [0.15, 0.2) is 11.5 Å². The molecule has 106 valence electrons. The molecule has 0 amide bonds. The van der Waals surface area contributed by atoms with Crippen LogP contribution in [0.15, 0.2) is 55.4 Å². The number of fused-ring (bicyclic) bond motifs is 1.